The van der Waals surface area contributed by atoms with E-state index in [4.69, 9.17) is 0 Å². The molecule has 0 spiro atoms. The van der Waals surface area contributed by atoms with Gasteiger partial charge in [-0.25, -0.2) is 4.99 Å². The van der Waals surface area contributed by atoms with Gasteiger partial charge in [-0.3, -0.25) is 10.1 Å². The highest BCUT2D eigenvalue weighted by Gasteiger charge is 2.24. The molecule has 6 nitrogen and oxygen atoms in total. The Morgan fingerprint density at radius 3 is 2.87 bits per heavy atom. The van der Waals surface area contributed by atoms with Crippen LogP contribution in [0.25, 0.3) is 0 Å². The van der Waals surface area contributed by atoms with Crippen LogP contribution in [0.5, 0.6) is 0 Å². The van der Waals surface area contributed by atoms with Gasteiger partial charge in [-0.15, -0.1) is 0 Å². The lowest BCUT2D eigenvalue weighted by Crippen LogP contribution is -2.42. The van der Waals surface area contributed by atoms with E-state index in [1.54, 1.807) is 18.2 Å². The predicted octanol–water partition coefficient (Wildman–Crippen LogP) is 2.93. The molecule has 1 aromatic rings. The standard InChI is InChI=1S/C16H24N4O2S/c1-3-17-16(19-13-8-9-14(10-13)23-2)18-11-12-6-4-5-7-15(12)20(21)22/h4-7,13-14H,3,8-11H2,1-2H3,(H2,17,18,19). The Morgan fingerprint density at radius 1 is 1.43 bits per heavy atom. The van der Waals surface area contributed by atoms with Gasteiger partial charge in [-0.05, 0) is 32.4 Å². The molecule has 126 valence electrons. The van der Waals surface area contributed by atoms with Crippen LogP contribution >= 0.6 is 11.8 Å². The first kappa shape index (κ1) is 17.6. The van der Waals surface area contributed by atoms with Gasteiger partial charge < -0.3 is 10.6 Å². The average molecular weight is 336 g/mol. The first-order chi connectivity index (χ1) is 11.1. The van der Waals surface area contributed by atoms with Crippen molar-refractivity contribution < 1.29 is 4.92 Å². The summed E-state index contributed by atoms with van der Waals surface area (Å²) in [7, 11) is 0. The topological polar surface area (TPSA) is 79.6 Å². The number of nitro groups is 1. The van der Waals surface area contributed by atoms with Crippen molar-refractivity contribution in [3.63, 3.8) is 0 Å². The third-order valence-electron chi connectivity index (χ3n) is 4.00. The second-order valence-electron chi connectivity index (χ2n) is 5.59. The lowest BCUT2D eigenvalue weighted by Gasteiger charge is -2.17. The summed E-state index contributed by atoms with van der Waals surface area (Å²) in [6.45, 7) is 3.08. The van der Waals surface area contributed by atoms with Gasteiger partial charge >= 0.3 is 0 Å². The molecule has 2 rings (SSSR count). The lowest BCUT2D eigenvalue weighted by atomic mass is 10.2. The molecule has 2 atom stereocenters. The Bertz CT molecular complexity index is 565. The molecule has 2 N–H and O–H groups in total. The fourth-order valence-electron chi connectivity index (χ4n) is 2.79. The first-order valence-corrected chi connectivity index (χ1v) is 9.22. The predicted molar refractivity (Wildman–Crippen MR) is 96.0 cm³/mol. The molecular formula is C16H24N4O2S. The number of para-hydroxylation sites is 1. The lowest BCUT2D eigenvalue weighted by molar-refractivity contribution is -0.385. The van der Waals surface area contributed by atoms with Crippen molar-refractivity contribution in [2.45, 2.75) is 44.0 Å². The minimum atomic E-state index is -0.356. The van der Waals surface area contributed by atoms with Crippen LogP contribution in [0, 0.1) is 10.1 Å². The normalized spacial score (nSPS) is 21.2. The number of nitrogens with zero attached hydrogens (tertiary/aromatic N) is 2. The Balaban J connectivity index is 2.03. The number of nitrogens with one attached hydrogen (secondary N) is 2. The molecule has 0 aliphatic heterocycles. The van der Waals surface area contributed by atoms with E-state index in [-0.39, 0.29) is 10.6 Å². The number of benzene rings is 1. The summed E-state index contributed by atoms with van der Waals surface area (Å²) in [5, 5.41) is 18.5. The number of thioether (sulfide) groups is 1. The molecular weight excluding hydrogens is 312 g/mol. The fraction of sp³-hybridized carbons (Fsp3) is 0.562. The maximum Gasteiger partial charge on any atom is 0.274 e. The summed E-state index contributed by atoms with van der Waals surface area (Å²) in [5.74, 6) is 0.734. The number of nitro benzene ring substituents is 1. The first-order valence-electron chi connectivity index (χ1n) is 7.94. The summed E-state index contributed by atoms with van der Waals surface area (Å²) < 4.78 is 0. The average Bonchev–Trinajstić information content (AvgIpc) is 3.00. The maximum absolute atomic E-state index is 11.1. The molecule has 0 radical (unpaired) electrons. The van der Waals surface area contributed by atoms with Gasteiger partial charge in [-0.1, -0.05) is 18.2 Å². The van der Waals surface area contributed by atoms with E-state index in [1.807, 2.05) is 18.7 Å². The molecule has 2 unspecified atom stereocenters. The van der Waals surface area contributed by atoms with E-state index >= 15 is 0 Å². The maximum atomic E-state index is 11.1. The van der Waals surface area contributed by atoms with Crippen molar-refractivity contribution in [1.82, 2.24) is 10.6 Å². The molecule has 0 heterocycles. The highest BCUT2D eigenvalue weighted by Crippen LogP contribution is 2.28. The van der Waals surface area contributed by atoms with Crippen LogP contribution in [0.2, 0.25) is 0 Å². The van der Waals surface area contributed by atoms with Gasteiger partial charge in [0.2, 0.25) is 0 Å². The molecule has 1 saturated carbocycles. The van der Waals surface area contributed by atoms with Crippen molar-refractivity contribution in [2.24, 2.45) is 4.99 Å². The Kier molecular flexibility index (Phi) is 6.70. The summed E-state index contributed by atoms with van der Waals surface area (Å²) in [6.07, 6.45) is 5.65. The summed E-state index contributed by atoms with van der Waals surface area (Å²) >= 11 is 1.92. The van der Waals surface area contributed by atoms with Gasteiger partial charge in [0.15, 0.2) is 5.96 Å². The van der Waals surface area contributed by atoms with Crippen LogP contribution in [-0.4, -0.2) is 35.0 Å². The highest BCUT2D eigenvalue weighted by atomic mass is 32.2. The number of rotatable bonds is 6. The third-order valence-corrected chi connectivity index (χ3v) is 5.09. The molecule has 7 heteroatoms. The van der Waals surface area contributed by atoms with Crippen LogP contribution in [0.15, 0.2) is 29.3 Å². The van der Waals surface area contributed by atoms with Crippen molar-refractivity contribution in [2.75, 3.05) is 12.8 Å². The summed E-state index contributed by atoms with van der Waals surface area (Å²) in [4.78, 5) is 15.2. The molecule has 0 amide bonds. The summed E-state index contributed by atoms with van der Waals surface area (Å²) in [6, 6.07) is 7.18. The smallest absolute Gasteiger partial charge is 0.274 e. The molecule has 1 fully saturated rings. The van der Waals surface area contributed by atoms with Gasteiger partial charge in [0.1, 0.15) is 0 Å². The van der Waals surface area contributed by atoms with Crippen molar-refractivity contribution in [3.8, 4) is 0 Å². The van der Waals surface area contributed by atoms with Crippen molar-refractivity contribution in [1.29, 1.82) is 0 Å². The quantitative estimate of drug-likeness (QED) is 0.361. The Hall–Kier alpha value is -1.76. The van der Waals surface area contributed by atoms with Crippen LogP contribution < -0.4 is 10.6 Å². The number of guanidine groups is 1. The monoisotopic (exact) mass is 336 g/mol. The van der Waals surface area contributed by atoms with Gasteiger partial charge in [-0.2, -0.15) is 11.8 Å². The second-order valence-corrected chi connectivity index (χ2v) is 6.73. The zero-order valence-electron chi connectivity index (χ0n) is 13.6. The fourth-order valence-corrected chi connectivity index (χ4v) is 3.58. The van der Waals surface area contributed by atoms with Gasteiger partial charge in [0.05, 0.1) is 17.0 Å². The SMILES string of the molecule is CCNC(=NCc1ccccc1[N+](=O)[O-])NC1CCC(SC)C1. The number of hydrogen-bond acceptors (Lipinski definition) is 4. The van der Waals surface area contributed by atoms with Crippen LogP contribution in [-0.2, 0) is 6.54 Å². The van der Waals surface area contributed by atoms with Gasteiger partial charge in [0, 0.05) is 23.9 Å². The Labute approximate surface area is 141 Å². The zero-order valence-corrected chi connectivity index (χ0v) is 14.4. The van der Waals surface area contributed by atoms with Crippen molar-refractivity contribution >= 4 is 23.4 Å². The van der Waals surface area contributed by atoms with Crippen LogP contribution in [0.3, 0.4) is 0 Å². The number of hydrogen-bond donors (Lipinski definition) is 2. The third kappa shape index (κ3) is 5.13. The molecule has 23 heavy (non-hydrogen) atoms. The van der Waals surface area contributed by atoms with E-state index in [2.05, 4.69) is 21.9 Å². The van der Waals surface area contributed by atoms with E-state index in [0.29, 0.717) is 23.4 Å². The van der Waals surface area contributed by atoms with E-state index in [1.165, 1.54) is 12.5 Å². The molecule has 1 aliphatic carbocycles. The second kappa shape index (κ2) is 8.76. The molecule has 1 aromatic carbocycles. The van der Waals surface area contributed by atoms with E-state index in [0.717, 1.165) is 25.3 Å². The van der Waals surface area contributed by atoms with Crippen LogP contribution in [0.4, 0.5) is 5.69 Å². The molecule has 0 aromatic heterocycles. The van der Waals surface area contributed by atoms with Crippen molar-refractivity contribution in [3.05, 3.63) is 39.9 Å². The van der Waals surface area contributed by atoms with Crippen LogP contribution in [0.1, 0.15) is 31.7 Å². The minimum absolute atomic E-state index is 0.121. The molecule has 1 aliphatic rings. The molecule has 0 bridgehead atoms. The zero-order chi connectivity index (χ0) is 16.7. The summed E-state index contributed by atoms with van der Waals surface area (Å²) in [5.41, 5.74) is 0.749. The largest absolute Gasteiger partial charge is 0.357 e. The van der Waals surface area contributed by atoms with E-state index in [9.17, 15) is 10.1 Å². The molecule has 0 saturated heterocycles. The Morgan fingerprint density at radius 2 is 2.22 bits per heavy atom. The van der Waals surface area contributed by atoms with E-state index < -0.39 is 0 Å². The highest BCUT2D eigenvalue weighted by molar-refractivity contribution is 7.99. The van der Waals surface area contributed by atoms with Gasteiger partial charge in [0.25, 0.3) is 5.69 Å². The number of aliphatic imine (C=N–C) groups is 1. The minimum Gasteiger partial charge on any atom is -0.357 e.